The summed E-state index contributed by atoms with van der Waals surface area (Å²) >= 11 is 0. The van der Waals surface area contributed by atoms with Crippen molar-refractivity contribution in [2.75, 3.05) is 26.2 Å². The molecule has 1 aliphatic heterocycles. The average molecular weight is 430 g/mol. The highest BCUT2D eigenvalue weighted by Crippen LogP contribution is 2.26. The number of nitriles is 1. The molecule has 1 atom stereocenters. The first-order chi connectivity index (χ1) is 15.5. The van der Waals surface area contributed by atoms with E-state index in [4.69, 9.17) is 4.42 Å². The zero-order valence-electron chi connectivity index (χ0n) is 18.7. The molecule has 32 heavy (non-hydrogen) atoms. The predicted molar refractivity (Wildman–Crippen MR) is 122 cm³/mol. The molecule has 0 saturated carbocycles. The van der Waals surface area contributed by atoms with Crippen LogP contribution in [0.25, 0.3) is 22.9 Å². The lowest BCUT2D eigenvalue weighted by Crippen LogP contribution is -2.52. The fourth-order valence-electron chi connectivity index (χ4n) is 4.06. The number of carbonyl (C=O) groups is 1. The van der Waals surface area contributed by atoms with E-state index in [0.29, 0.717) is 43.5 Å². The van der Waals surface area contributed by atoms with Crippen LogP contribution in [0, 0.1) is 24.2 Å². The minimum absolute atomic E-state index is 0.000355. The molecule has 4 rings (SSSR count). The Morgan fingerprint density at radius 3 is 2.28 bits per heavy atom. The zero-order chi connectivity index (χ0) is 22.7. The summed E-state index contributed by atoms with van der Waals surface area (Å²) < 4.78 is 5.87. The normalized spacial score (nSPS) is 15.5. The largest absolute Gasteiger partial charge is 0.416 e. The van der Waals surface area contributed by atoms with Crippen molar-refractivity contribution in [3.8, 4) is 29.0 Å². The summed E-state index contributed by atoms with van der Waals surface area (Å²) in [5.74, 6) is 1.17. The molecular weight excluding hydrogens is 402 g/mol. The third kappa shape index (κ3) is 4.41. The van der Waals surface area contributed by atoms with Gasteiger partial charge in [0.2, 0.25) is 11.8 Å². The average Bonchev–Trinajstić information content (AvgIpc) is 3.30. The molecule has 0 bridgehead atoms. The zero-order valence-corrected chi connectivity index (χ0v) is 18.7. The fourth-order valence-corrected chi connectivity index (χ4v) is 4.06. The second-order valence-corrected chi connectivity index (χ2v) is 8.45. The van der Waals surface area contributed by atoms with E-state index in [1.807, 2.05) is 48.2 Å². The van der Waals surface area contributed by atoms with Gasteiger partial charge in [-0.25, -0.2) is 0 Å². The van der Waals surface area contributed by atoms with Crippen LogP contribution in [0.1, 0.15) is 29.8 Å². The molecule has 1 saturated heterocycles. The topological polar surface area (TPSA) is 86.3 Å². The van der Waals surface area contributed by atoms with E-state index in [2.05, 4.69) is 35.0 Å². The molecule has 164 valence electrons. The summed E-state index contributed by atoms with van der Waals surface area (Å²) in [6.07, 6.45) is 0. The molecule has 1 fully saturated rings. The van der Waals surface area contributed by atoms with Crippen molar-refractivity contribution in [3.63, 3.8) is 0 Å². The highest BCUT2D eigenvalue weighted by Gasteiger charge is 2.28. The van der Waals surface area contributed by atoms with Crippen molar-refractivity contribution in [1.29, 1.82) is 5.26 Å². The molecule has 0 radical (unpaired) electrons. The summed E-state index contributed by atoms with van der Waals surface area (Å²) in [6.45, 7) is 8.78. The number of carbonyl (C=O) groups excluding carboxylic acids is 1. The summed E-state index contributed by atoms with van der Waals surface area (Å²) in [6, 6.07) is 17.4. The molecule has 3 aromatic rings. The third-order valence-electron chi connectivity index (χ3n) is 5.94. The van der Waals surface area contributed by atoms with Crippen molar-refractivity contribution in [2.24, 2.45) is 5.92 Å². The maximum Gasteiger partial charge on any atom is 0.253 e. The number of nitrogens with zero attached hydrogens (tertiary/aromatic N) is 5. The van der Waals surface area contributed by atoms with Crippen LogP contribution in [0.15, 0.2) is 52.9 Å². The highest BCUT2D eigenvalue weighted by atomic mass is 16.4. The fraction of sp³-hybridized carbons (Fsp3) is 0.360. The first-order valence-electron chi connectivity index (χ1n) is 10.9. The lowest BCUT2D eigenvalue weighted by molar-refractivity contribution is 0.0577. The number of aromatic nitrogens is 2. The van der Waals surface area contributed by atoms with Crippen LogP contribution < -0.4 is 0 Å². The third-order valence-corrected chi connectivity index (χ3v) is 5.94. The number of amides is 1. The first kappa shape index (κ1) is 21.7. The van der Waals surface area contributed by atoms with Crippen LogP contribution in [0.2, 0.25) is 0 Å². The van der Waals surface area contributed by atoms with E-state index in [1.165, 1.54) is 0 Å². The Balaban J connectivity index is 1.42. The molecule has 2 heterocycles. The number of hydrogen-bond donors (Lipinski definition) is 0. The van der Waals surface area contributed by atoms with Gasteiger partial charge in [0.05, 0.1) is 6.07 Å². The van der Waals surface area contributed by atoms with Gasteiger partial charge in [0, 0.05) is 42.9 Å². The summed E-state index contributed by atoms with van der Waals surface area (Å²) in [7, 11) is 0. The number of hydrogen-bond acceptors (Lipinski definition) is 6. The Bertz CT molecular complexity index is 1120. The molecule has 1 unspecified atom stereocenters. The standard InChI is InChI=1S/C25H27N5O2/c1-17(2)22(16-26)29-12-14-30(15-13-29)25(31)20-10-8-19(9-11-20)23-27-28-24(32-23)21-7-5-4-6-18(21)3/h4-11,17,22H,12-15H2,1-3H3. The Labute approximate surface area is 188 Å². The molecule has 7 nitrogen and oxygen atoms in total. The van der Waals surface area contributed by atoms with Gasteiger partial charge in [-0.1, -0.05) is 32.0 Å². The Kier molecular flexibility index (Phi) is 6.33. The number of benzene rings is 2. The summed E-state index contributed by atoms with van der Waals surface area (Å²) in [5, 5.41) is 17.8. The number of piperazine rings is 1. The first-order valence-corrected chi connectivity index (χ1v) is 10.9. The minimum Gasteiger partial charge on any atom is -0.416 e. The lowest BCUT2D eigenvalue weighted by atomic mass is 10.0. The van der Waals surface area contributed by atoms with Gasteiger partial charge in [0.25, 0.3) is 5.91 Å². The molecule has 0 aliphatic carbocycles. The van der Waals surface area contributed by atoms with E-state index < -0.39 is 0 Å². The van der Waals surface area contributed by atoms with Crippen LogP contribution in [0.3, 0.4) is 0 Å². The van der Waals surface area contributed by atoms with Gasteiger partial charge in [-0.2, -0.15) is 5.26 Å². The van der Waals surface area contributed by atoms with E-state index in [9.17, 15) is 10.1 Å². The quantitative estimate of drug-likeness (QED) is 0.609. The van der Waals surface area contributed by atoms with E-state index >= 15 is 0 Å². The van der Waals surface area contributed by atoms with E-state index in [1.54, 1.807) is 12.1 Å². The second-order valence-electron chi connectivity index (χ2n) is 8.45. The molecular formula is C25H27N5O2. The van der Waals surface area contributed by atoms with Gasteiger partial charge in [0.15, 0.2) is 0 Å². The monoisotopic (exact) mass is 429 g/mol. The van der Waals surface area contributed by atoms with E-state index in [-0.39, 0.29) is 17.9 Å². The molecule has 1 aliphatic rings. The van der Waals surface area contributed by atoms with Gasteiger partial charge in [-0.15, -0.1) is 10.2 Å². The van der Waals surface area contributed by atoms with Crippen molar-refractivity contribution in [1.82, 2.24) is 20.0 Å². The van der Waals surface area contributed by atoms with Crippen LogP contribution in [0.4, 0.5) is 0 Å². The summed E-state index contributed by atoms with van der Waals surface area (Å²) in [4.78, 5) is 17.0. The van der Waals surface area contributed by atoms with Crippen molar-refractivity contribution in [3.05, 3.63) is 59.7 Å². The van der Waals surface area contributed by atoms with Crippen LogP contribution in [0.5, 0.6) is 0 Å². The molecule has 0 spiro atoms. The van der Waals surface area contributed by atoms with Crippen LogP contribution >= 0.6 is 0 Å². The van der Waals surface area contributed by atoms with Gasteiger partial charge in [0.1, 0.15) is 6.04 Å². The Hall–Kier alpha value is -3.50. The van der Waals surface area contributed by atoms with Gasteiger partial charge in [-0.05, 0) is 48.7 Å². The molecule has 2 aromatic carbocycles. The molecule has 0 N–H and O–H groups in total. The Morgan fingerprint density at radius 2 is 1.66 bits per heavy atom. The number of rotatable bonds is 5. The molecule has 7 heteroatoms. The minimum atomic E-state index is -0.106. The summed E-state index contributed by atoms with van der Waals surface area (Å²) in [5.41, 5.74) is 3.38. The Morgan fingerprint density at radius 1 is 1.00 bits per heavy atom. The second kappa shape index (κ2) is 9.33. The highest BCUT2D eigenvalue weighted by molar-refractivity contribution is 5.94. The van der Waals surface area contributed by atoms with Gasteiger partial charge < -0.3 is 9.32 Å². The maximum atomic E-state index is 12.9. The van der Waals surface area contributed by atoms with Crippen molar-refractivity contribution in [2.45, 2.75) is 26.8 Å². The van der Waals surface area contributed by atoms with Gasteiger partial charge in [-0.3, -0.25) is 9.69 Å². The van der Waals surface area contributed by atoms with Crippen LogP contribution in [-0.4, -0.2) is 58.1 Å². The molecule has 1 aromatic heterocycles. The van der Waals surface area contributed by atoms with E-state index in [0.717, 1.165) is 16.7 Å². The lowest BCUT2D eigenvalue weighted by Gasteiger charge is -2.38. The van der Waals surface area contributed by atoms with Crippen molar-refractivity contribution >= 4 is 5.91 Å². The SMILES string of the molecule is Cc1ccccc1-c1nnc(-c2ccc(C(=O)N3CCN(C(C#N)C(C)C)CC3)cc2)o1. The smallest absolute Gasteiger partial charge is 0.253 e. The van der Waals surface area contributed by atoms with Gasteiger partial charge >= 0.3 is 0 Å². The van der Waals surface area contributed by atoms with Crippen molar-refractivity contribution < 1.29 is 9.21 Å². The number of aryl methyl sites for hydroxylation is 1. The molecule has 1 amide bonds. The predicted octanol–water partition coefficient (Wildman–Crippen LogP) is 4.02. The van der Waals surface area contributed by atoms with Crippen LogP contribution in [-0.2, 0) is 0 Å². The maximum absolute atomic E-state index is 12.9.